The standard InChI is InChI=1S/C22H23N3O2S/c1-16-6-8-17(9-7-16)14-22(27)24-12-2-4-18(24)15-25-21(26)11-10-19(23-25)20-5-3-13-28-20/h3,5-11,13,18H,2,4,12,14-15H2,1H3/t18-/m1/s1. The van der Waals surface area contributed by atoms with Gasteiger partial charge in [-0.1, -0.05) is 35.9 Å². The minimum atomic E-state index is -0.127. The van der Waals surface area contributed by atoms with Crippen molar-refractivity contribution in [2.45, 2.75) is 38.8 Å². The Bertz CT molecular complexity index is 1010. The van der Waals surface area contributed by atoms with Gasteiger partial charge in [0.15, 0.2) is 0 Å². The van der Waals surface area contributed by atoms with Crippen LogP contribution in [0.3, 0.4) is 0 Å². The maximum absolute atomic E-state index is 12.9. The Balaban J connectivity index is 1.49. The van der Waals surface area contributed by atoms with Gasteiger partial charge in [0.25, 0.3) is 5.56 Å². The molecule has 0 aliphatic carbocycles. The summed E-state index contributed by atoms with van der Waals surface area (Å²) in [6, 6.07) is 15.4. The number of aryl methyl sites for hydroxylation is 1. The van der Waals surface area contributed by atoms with E-state index in [4.69, 9.17) is 0 Å². The molecular formula is C22H23N3O2S. The second-order valence-electron chi connectivity index (χ2n) is 7.26. The van der Waals surface area contributed by atoms with E-state index in [2.05, 4.69) is 5.10 Å². The number of amides is 1. The van der Waals surface area contributed by atoms with Crippen molar-refractivity contribution in [3.8, 4) is 10.6 Å². The van der Waals surface area contributed by atoms with Gasteiger partial charge in [-0.3, -0.25) is 9.59 Å². The smallest absolute Gasteiger partial charge is 0.266 e. The molecule has 1 atom stereocenters. The Hall–Kier alpha value is -2.73. The van der Waals surface area contributed by atoms with Gasteiger partial charge in [-0.05, 0) is 42.8 Å². The molecule has 1 saturated heterocycles. The molecule has 1 aliphatic heterocycles. The maximum atomic E-state index is 12.9. The van der Waals surface area contributed by atoms with E-state index in [1.807, 2.05) is 53.6 Å². The van der Waals surface area contributed by atoms with Gasteiger partial charge < -0.3 is 4.90 Å². The normalized spacial score (nSPS) is 16.5. The summed E-state index contributed by atoms with van der Waals surface area (Å²) in [5.74, 6) is 0.119. The van der Waals surface area contributed by atoms with Crippen LogP contribution in [-0.2, 0) is 17.8 Å². The second-order valence-corrected chi connectivity index (χ2v) is 8.21. The lowest BCUT2D eigenvalue weighted by Crippen LogP contribution is -2.41. The molecule has 3 aromatic rings. The van der Waals surface area contributed by atoms with Crippen LogP contribution in [0.15, 0.2) is 58.7 Å². The highest BCUT2D eigenvalue weighted by Crippen LogP contribution is 2.23. The molecule has 1 aliphatic rings. The largest absolute Gasteiger partial charge is 0.338 e. The molecule has 0 N–H and O–H groups in total. The van der Waals surface area contributed by atoms with E-state index in [-0.39, 0.29) is 17.5 Å². The fraction of sp³-hybridized carbons (Fsp3) is 0.318. The molecule has 4 rings (SSSR count). The topological polar surface area (TPSA) is 55.2 Å². The predicted molar refractivity (Wildman–Crippen MR) is 111 cm³/mol. The average molecular weight is 394 g/mol. The SMILES string of the molecule is Cc1ccc(CC(=O)N2CCC[C@@H]2Cn2nc(-c3cccs3)ccc2=O)cc1. The summed E-state index contributed by atoms with van der Waals surface area (Å²) in [5, 5.41) is 6.54. The van der Waals surface area contributed by atoms with Crippen LogP contribution < -0.4 is 5.56 Å². The monoisotopic (exact) mass is 393 g/mol. The summed E-state index contributed by atoms with van der Waals surface area (Å²) in [6.45, 7) is 3.23. The number of carbonyl (C=O) groups excluding carboxylic acids is 1. The van der Waals surface area contributed by atoms with Gasteiger partial charge in [0, 0.05) is 12.6 Å². The third kappa shape index (κ3) is 4.07. The molecular weight excluding hydrogens is 370 g/mol. The van der Waals surface area contributed by atoms with Crippen molar-refractivity contribution in [2.24, 2.45) is 0 Å². The van der Waals surface area contributed by atoms with Crippen molar-refractivity contribution in [1.82, 2.24) is 14.7 Å². The predicted octanol–water partition coefficient (Wildman–Crippen LogP) is 3.51. The molecule has 3 heterocycles. The van der Waals surface area contributed by atoms with E-state index < -0.39 is 0 Å². The number of rotatable bonds is 5. The first-order chi connectivity index (χ1) is 13.6. The molecule has 28 heavy (non-hydrogen) atoms. The van der Waals surface area contributed by atoms with Gasteiger partial charge in [-0.25, -0.2) is 4.68 Å². The average Bonchev–Trinajstić information content (AvgIpc) is 3.37. The molecule has 0 saturated carbocycles. The van der Waals surface area contributed by atoms with E-state index >= 15 is 0 Å². The first-order valence-electron chi connectivity index (χ1n) is 9.57. The molecule has 144 valence electrons. The zero-order valence-corrected chi connectivity index (χ0v) is 16.7. The molecule has 2 aromatic heterocycles. The van der Waals surface area contributed by atoms with E-state index in [9.17, 15) is 9.59 Å². The van der Waals surface area contributed by atoms with Gasteiger partial charge >= 0.3 is 0 Å². The van der Waals surface area contributed by atoms with E-state index in [0.717, 1.165) is 35.5 Å². The number of aromatic nitrogens is 2. The van der Waals surface area contributed by atoms with Crippen LogP contribution in [0.2, 0.25) is 0 Å². The number of likely N-dealkylation sites (tertiary alicyclic amines) is 1. The molecule has 0 bridgehead atoms. The summed E-state index contributed by atoms with van der Waals surface area (Å²) >= 11 is 1.60. The highest BCUT2D eigenvalue weighted by atomic mass is 32.1. The van der Waals surface area contributed by atoms with Crippen molar-refractivity contribution in [3.63, 3.8) is 0 Å². The van der Waals surface area contributed by atoms with Crippen molar-refractivity contribution in [3.05, 3.63) is 75.4 Å². The number of benzene rings is 1. The maximum Gasteiger partial charge on any atom is 0.266 e. The van der Waals surface area contributed by atoms with Crippen molar-refractivity contribution < 1.29 is 4.79 Å². The Labute approximate surface area is 168 Å². The Morgan fingerprint density at radius 2 is 2.00 bits per heavy atom. The number of carbonyl (C=O) groups is 1. The highest BCUT2D eigenvalue weighted by Gasteiger charge is 2.29. The molecule has 1 aromatic carbocycles. The minimum Gasteiger partial charge on any atom is -0.338 e. The van der Waals surface area contributed by atoms with E-state index in [1.165, 1.54) is 10.2 Å². The van der Waals surface area contributed by atoms with Crippen LogP contribution >= 0.6 is 11.3 Å². The number of hydrogen-bond acceptors (Lipinski definition) is 4. The fourth-order valence-corrected chi connectivity index (χ4v) is 4.36. The number of nitrogens with zero attached hydrogens (tertiary/aromatic N) is 3. The summed E-state index contributed by atoms with van der Waals surface area (Å²) in [7, 11) is 0. The van der Waals surface area contributed by atoms with Gasteiger partial charge in [-0.2, -0.15) is 5.10 Å². The lowest BCUT2D eigenvalue weighted by molar-refractivity contribution is -0.131. The van der Waals surface area contributed by atoms with Crippen LogP contribution in [0.4, 0.5) is 0 Å². The van der Waals surface area contributed by atoms with E-state index in [0.29, 0.717) is 13.0 Å². The quantitative estimate of drug-likeness (QED) is 0.667. The summed E-state index contributed by atoms with van der Waals surface area (Å²) < 4.78 is 1.51. The Kier molecular flexibility index (Phi) is 5.39. The van der Waals surface area contributed by atoms with Crippen LogP contribution in [0.25, 0.3) is 10.6 Å². The zero-order chi connectivity index (χ0) is 19.5. The van der Waals surface area contributed by atoms with Gasteiger partial charge in [0.05, 0.1) is 23.9 Å². The lowest BCUT2D eigenvalue weighted by atomic mass is 10.1. The van der Waals surface area contributed by atoms with Gasteiger partial charge in [0.2, 0.25) is 5.91 Å². The number of hydrogen-bond donors (Lipinski definition) is 0. The second kappa shape index (κ2) is 8.10. The Morgan fingerprint density at radius 1 is 1.18 bits per heavy atom. The molecule has 5 nitrogen and oxygen atoms in total. The highest BCUT2D eigenvalue weighted by molar-refractivity contribution is 7.13. The van der Waals surface area contributed by atoms with E-state index in [1.54, 1.807) is 23.5 Å². The fourth-order valence-electron chi connectivity index (χ4n) is 3.67. The summed E-state index contributed by atoms with van der Waals surface area (Å²) in [5.41, 5.74) is 2.88. The summed E-state index contributed by atoms with van der Waals surface area (Å²) in [4.78, 5) is 28.1. The molecule has 0 radical (unpaired) electrons. The van der Waals surface area contributed by atoms with Crippen molar-refractivity contribution >= 4 is 17.2 Å². The number of thiophene rings is 1. The third-order valence-corrected chi connectivity index (χ3v) is 6.09. The molecule has 6 heteroatoms. The lowest BCUT2D eigenvalue weighted by Gasteiger charge is -2.25. The molecule has 0 spiro atoms. The molecule has 1 fully saturated rings. The zero-order valence-electron chi connectivity index (χ0n) is 15.9. The van der Waals surface area contributed by atoms with Crippen LogP contribution in [0.1, 0.15) is 24.0 Å². The molecule has 0 unspecified atom stereocenters. The molecule has 1 amide bonds. The first kappa shape index (κ1) is 18.6. The summed E-state index contributed by atoms with van der Waals surface area (Å²) in [6.07, 6.45) is 2.26. The van der Waals surface area contributed by atoms with Crippen LogP contribution in [0.5, 0.6) is 0 Å². The first-order valence-corrected chi connectivity index (χ1v) is 10.5. The van der Waals surface area contributed by atoms with Crippen LogP contribution in [0, 0.1) is 6.92 Å². The van der Waals surface area contributed by atoms with Crippen LogP contribution in [-0.4, -0.2) is 33.2 Å². The Morgan fingerprint density at radius 3 is 2.75 bits per heavy atom. The van der Waals surface area contributed by atoms with Gasteiger partial charge in [-0.15, -0.1) is 11.3 Å². The van der Waals surface area contributed by atoms with Gasteiger partial charge in [0.1, 0.15) is 5.69 Å². The van der Waals surface area contributed by atoms with Crippen molar-refractivity contribution in [2.75, 3.05) is 6.54 Å². The van der Waals surface area contributed by atoms with Crippen molar-refractivity contribution in [1.29, 1.82) is 0 Å². The minimum absolute atomic E-state index is 0.0155. The third-order valence-electron chi connectivity index (χ3n) is 5.20.